The molecular weight excluding hydrogens is 259 g/mol. The van der Waals surface area contributed by atoms with Gasteiger partial charge in [-0.25, -0.2) is 4.39 Å². The molecule has 0 aromatic heterocycles. The Labute approximate surface area is 117 Å². The maximum atomic E-state index is 13.2. The zero-order valence-corrected chi connectivity index (χ0v) is 11.3. The highest BCUT2D eigenvalue weighted by Gasteiger charge is 2.44. The molecular formula is C15H19FN2O2. The summed E-state index contributed by atoms with van der Waals surface area (Å²) in [7, 11) is 0. The molecule has 20 heavy (non-hydrogen) atoms. The fraction of sp³-hybridized carbons (Fsp3) is 0.533. The lowest BCUT2D eigenvalue weighted by atomic mass is 9.90. The van der Waals surface area contributed by atoms with E-state index in [0.29, 0.717) is 26.1 Å². The summed E-state index contributed by atoms with van der Waals surface area (Å²) in [6.45, 7) is 1.06. The Morgan fingerprint density at radius 3 is 2.85 bits per heavy atom. The molecule has 2 aliphatic rings. The van der Waals surface area contributed by atoms with E-state index >= 15 is 0 Å². The normalized spacial score (nSPS) is 27.9. The summed E-state index contributed by atoms with van der Waals surface area (Å²) in [5, 5.41) is 2.99. The summed E-state index contributed by atoms with van der Waals surface area (Å²) < 4.78 is 18.4. The van der Waals surface area contributed by atoms with Crippen LogP contribution >= 0.6 is 0 Å². The molecule has 1 saturated carbocycles. The second kappa shape index (κ2) is 5.14. The lowest BCUT2D eigenvalue weighted by Gasteiger charge is -2.31. The predicted octanol–water partition coefficient (Wildman–Crippen LogP) is 1.31. The number of hydrogen-bond donors (Lipinski definition) is 2. The predicted molar refractivity (Wildman–Crippen MR) is 72.7 cm³/mol. The quantitative estimate of drug-likeness (QED) is 0.876. The van der Waals surface area contributed by atoms with Crippen LogP contribution in [0.2, 0.25) is 0 Å². The summed E-state index contributed by atoms with van der Waals surface area (Å²) >= 11 is 0. The molecule has 1 aliphatic carbocycles. The molecule has 1 aromatic rings. The van der Waals surface area contributed by atoms with Gasteiger partial charge >= 0.3 is 0 Å². The Hall–Kier alpha value is -1.46. The Bertz CT molecular complexity index is 514. The second-order valence-corrected chi connectivity index (χ2v) is 5.75. The van der Waals surface area contributed by atoms with Gasteiger partial charge < -0.3 is 15.8 Å². The summed E-state index contributed by atoms with van der Waals surface area (Å²) in [6.07, 6.45) is 1.95. The minimum Gasteiger partial charge on any atom is -0.381 e. The Kier molecular flexibility index (Phi) is 3.48. The number of carbonyl (C=O) groups excluding carboxylic acids is 1. The van der Waals surface area contributed by atoms with Gasteiger partial charge in [0.2, 0.25) is 5.91 Å². The van der Waals surface area contributed by atoms with Crippen molar-refractivity contribution in [1.82, 2.24) is 5.32 Å². The number of hydrogen-bond acceptors (Lipinski definition) is 3. The van der Waals surface area contributed by atoms with E-state index in [4.69, 9.17) is 10.5 Å². The van der Waals surface area contributed by atoms with E-state index in [9.17, 15) is 9.18 Å². The number of nitrogens with two attached hydrogens (primary N) is 1. The molecule has 0 bridgehead atoms. The summed E-state index contributed by atoms with van der Waals surface area (Å²) in [5.74, 6) is -0.137. The van der Waals surface area contributed by atoms with E-state index in [1.54, 1.807) is 6.07 Å². The van der Waals surface area contributed by atoms with E-state index < -0.39 is 5.54 Å². The van der Waals surface area contributed by atoms with Gasteiger partial charge in [0, 0.05) is 25.2 Å². The Balaban J connectivity index is 1.59. The maximum Gasteiger partial charge on any atom is 0.240 e. The minimum absolute atomic E-state index is 0.0765. The number of rotatable bonds is 3. The summed E-state index contributed by atoms with van der Waals surface area (Å²) in [6, 6.07) is 6.63. The molecule has 5 heteroatoms. The van der Waals surface area contributed by atoms with Crippen LogP contribution in [0.3, 0.4) is 0 Å². The van der Waals surface area contributed by atoms with Crippen LogP contribution in [0, 0.1) is 5.82 Å². The Morgan fingerprint density at radius 1 is 1.40 bits per heavy atom. The molecule has 2 fully saturated rings. The molecule has 1 aliphatic heterocycles. The van der Waals surface area contributed by atoms with Crippen LogP contribution in [-0.4, -0.2) is 30.7 Å². The molecule has 1 heterocycles. The summed E-state index contributed by atoms with van der Waals surface area (Å²) in [4.78, 5) is 12.2. The first-order chi connectivity index (χ1) is 9.58. The van der Waals surface area contributed by atoms with E-state index in [-0.39, 0.29) is 23.7 Å². The number of carbonyl (C=O) groups is 1. The molecule has 1 aromatic carbocycles. The highest BCUT2D eigenvalue weighted by Crippen LogP contribution is 2.41. The van der Waals surface area contributed by atoms with Crippen LogP contribution in [0.25, 0.3) is 0 Å². The molecule has 2 unspecified atom stereocenters. The molecule has 1 saturated heterocycles. The smallest absolute Gasteiger partial charge is 0.240 e. The van der Waals surface area contributed by atoms with Gasteiger partial charge in [-0.05, 0) is 37.0 Å². The average Bonchev–Trinajstić information content (AvgIpc) is 3.19. The van der Waals surface area contributed by atoms with Gasteiger partial charge in [0.05, 0.1) is 5.54 Å². The van der Waals surface area contributed by atoms with E-state index in [1.807, 2.05) is 6.07 Å². The van der Waals surface area contributed by atoms with Crippen molar-refractivity contribution in [1.29, 1.82) is 0 Å². The molecule has 3 rings (SSSR count). The number of benzene rings is 1. The van der Waals surface area contributed by atoms with Gasteiger partial charge in [0.15, 0.2) is 0 Å². The highest BCUT2D eigenvalue weighted by atomic mass is 19.1. The lowest BCUT2D eigenvalue weighted by molar-refractivity contribution is -0.129. The van der Waals surface area contributed by atoms with Crippen molar-refractivity contribution in [3.05, 3.63) is 35.6 Å². The topological polar surface area (TPSA) is 64.4 Å². The van der Waals surface area contributed by atoms with E-state index in [1.165, 1.54) is 12.1 Å². The minimum atomic E-state index is -0.812. The van der Waals surface area contributed by atoms with E-state index in [0.717, 1.165) is 12.0 Å². The van der Waals surface area contributed by atoms with Crippen LogP contribution in [0.1, 0.15) is 30.7 Å². The van der Waals surface area contributed by atoms with Crippen LogP contribution < -0.4 is 11.1 Å². The second-order valence-electron chi connectivity index (χ2n) is 5.75. The number of ether oxygens (including phenoxy) is 1. The standard InChI is InChI=1S/C15H19FN2O2/c16-11-3-1-2-10(8-11)12-9-13(12)18-14(19)15(17)4-6-20-7-5-15/h1-3,8,12-13H,4-7,9,17H2,(H,18,19). The van der Waals surface area contributed by atoms with Gasteiger partial charge in [-0.2, -0.15) is 0 Å². The van der Waals surface area contributed by atoms with Crippen LogP contribution in [0.15, 0.2) is 24.3 Å². The fourth-order valence-corrected chi connectivity index (χ4v) is 2.73. The van der Waals surface area contributed by atoms with Crippen molar-refractivity contribution in [2.75, 3.05) is 13.2 Å². The zero-order chi connectivity index (χ0) is 14.2. The maximum absolute atomic E-state index is 13.2. The van der Waals surface area contributed by atoms with Gasteiger partial charge in [0.1, 0.15) is 5.82 Å². The van der Waals surface area contributed by atoms with Crippen molar-refractivity contribution in [3.8, 4) is 0 Å². The summed E-state index contributed by atoms with van der Waals surface area (Å²) in [5.41, 5.74) is 6.26. The largest absolute Gasteiger partial charge is 0.381 e. The van der Waals surface area contributed by atoms with Crippen LogP contribution in [0.4, 0.5) is 4.39 Å². The molecule has 1 amide bonds. The zero-order valence-electron chi connectivity index (χ0n) is 11.3. The number of amides is 1. The first-order valence-corrected chi connectivity index (χ1v) is 7.01. The van der Waals surface area contributed by atoms with Gasteiger partial charge in [-0.1, -0.05) is 12.1 Å². The van der Waals surface area contributed by atoms with Gasteiger partial charge in [0.25, 0.3) is 0 Å². The first kappa shape index (κ1) is 13.5. The number of nitrogens with one attached hydrogen (secondary N) is 1. The van der Waals surface area contributed by atoms with Crippen molar-refractivity contribution < 1.29 is 13.9 Å². The molecule has 108 valence electrons. The lowest BCUT2D eigenvalue weighted by Crippen LogP contribution is -2.57. The molecule has 0 spiro atoms. The third-order valence-electron chi connectivity index (χ3n) is 4.22. The van der Waals surface area contributed by atoms with Crippen LogP contribution in [0.5, 0.6) is 0 Å². The van der Waals surface area contributed by atoms with Gasteiger partial charge in [-0.15, -0.1) is 0 Å². The molecule has 4 nitrogen and oxygen atoms in total. The monoisotopic (exact) mass is 278 g/mol. The molecule has 0 radical (unpaired) electrons. The average molecular weight is 278 g/mol. The van der Waals surface area contributed by atoms with Crippen molar-refractivity contribution in [2.45, 2.75) is 36.8 Å². The van der Waals surface area contributed by atoms with Crippen molar-refractivity contribution in [2.24, 2.45) is 5.73 Å². The fourth-order valence-electron chi connectivity index (χ4n) is 2.73. The SMILES string of the molecule is NC1(C(=O)NC2CC2c2cccc(F)c2)CCOCC1. The first-order valence-electron chi connectivity index (χ1n) is 7.01. The van der Waals surface area contributed by atoms with Crippen molar-refractivity contribution >= 4 is 5.91 Å². The Morgan fingerprint density at radius 2 is 2.15 bits per heavy atom. The molecule has 3 N–H and O–H groups in total. The third kappa shape index (κ3) is 2.69. The van der Waals surface area contributed by atoms with E-state index in [2.05, 4.69) is 5.32 Å². The molecule has 2 atom stereocenters. The van der Waals surface area contributed by atoms with Crippen LogP contribution in [-0.2, 0) is 9.53 Å². The number of halogens is 1. The highest BCUT2D eigenvalue weighted by molar-refractivity contribution is 5.86. The van der Waals surface area contributed by atoms with Gasteiger partial charge in [-0.3, -0.25) is 4.79 Å². The third-order valence-corrected chi connectivity index (χ3v) is 4.22. The van der Waals surface area contributed by atoms with Crippen molar-refractivity contribution in [3.63, 3.8) is 0 Å².